The lowest BCUT2D eigenvalue weighted by Crippen LogP contribution is -2.53. The molecule has 6 aromatic carbocycles. The molecule has 0 saturated carbocycles. The zero-order chi connectivity index (χ0) is 28.4. The normalized spacial score (nSPS) is 16.0. The van der Waals surface area contributed by atoms with E-state index in [9.17, 15) is 0 Å². The van der Waals surface area contributed by atoms with Gasteiger partial charge in [-0.05, 0) is 45.9 Å². The molecule has 0 spiro atoms. The summed E-state index contributed by atoms with van der Waals surface area (Å²) in [6.45, 7) is 2.15. The highest BCUT2D eigenvalue weighted by Gasteiger charge is 2.63. The zero-order valence-corrected chi connectivity index (χ0v) is 23.7. The van der Waals surface area contributed by atoms with E-state index in [-0.39, 0.29) is 6.10 Å². The average molecular weight is 544 g/mol. The summed E-state index contributed by atoms with van der Waals surface area (Å²) in [4.78, 5) is 7.46. The smallest absolute Gasteiger partial charge is 0.123 e. The van der Waals surface area contributed by atoms with E-state index in [1.807, 2.05) is 0 Å². The van der Waals surface area contributed by atoms with Gasteiger partial charge < -0.3 is 0 Å². The van der Waals surface area contributed by atoms with Gasteiger partial charge >= 0.3 is 0 Å². The Hall–Kier alpha value is -4.76. The molecule has 1 aliphatic heterocycles. The van der Waals surface area contributed by atoms with E-state index in [2.05, 4.69) is 188 Å². The third kappa shape index (κ3) is 3.95. The van der Waals surface area contributed by atoms with Crippen LogP contribution >= 0.6 is 0 Å². The molecule has 2 heteroatoms. The van der Waals surface area contributed by atoms with E-state index >= 15 is 0 Å². The minimum atomic E-state index is -0.756. The van der Waals surface area contributed by atoms with Crippen molar-refractivity contribution >= 4 is 0 Å². The van der Waals surface area contributed by atoms with Gasteiger partial charge in [0.2, 0.25) is 0 Å². The standard InChI is InChI=1S/C40H33NO/c1-31(32-19-7-2-8-20-32)42-41-39(33-21-9-3-10-22-33,34-23-11-4-12-24-34)37-29-17-18-30-38(37)40(41,35-25-13-5-14-26-35)36-27-15-6-16-28-36/h2-31H,1H3. The van der Waals surface area contributed by atoms with Gasteiger partial charge in [0.15, 0.2) is 0 Å². The molecule has 1 aliphatic rings. The summed E-state index contributed by atoms with van der Waals surface area (Å²) in [6.07, 6.45) is -0.223. The van der Waals surface area contributed by atoms with Crippen molar-refractivity contribution in [3.05, 3.63) is 215 Å². The molecule has 0 aromatic heterocycles. The maximum absolute atomic E-state index is 7.46. The zero-order valence-electron chi connectivity index (χ0n) is 23.7. The van der Waals surface area contributed by atoms with Crippen LogP contribution in [0.15, 0.2) is 176 Å². The second-order valence-electron chi connectivity index (χ2n) is 10.9. The molecule has 1 atom stereocenters. The molecule has 6 aromatic rings. The van der Waals surface area contributed by atoms with Crippen LogP contribution in [0.2, 0.25) is 0 Å². The topological polar surface area (TPSA) is 12.5 Å². The number of hydrogen-bond acceptors (Lipinski definition) is 2. The minimum absolute atomic E-state index is 0.223. The molecule has 204 valence electrons. The Morgan fingerprint density at radius 3 is 1.02 bits per heavy atom. The lowest BCUT2D eigenvalue weighted by atomic mass is 9.76. The van der Waals surface area contributed by atoms with E-state index < -0.39 is 11.1 Å². The number of hydrogen-bond donors (Lipinski definition) is 0. The molecule has 0 saturated heterocycles. The van der Waals surface area contributed by atoms with Gasteiger partial charge in [0.05, 0.1) is 0 Å². The predicted molar refractivity (Wildman–Crippen MR) is 170 cm³/mol. The van der Waals surface area contributed by atoms with E-state index in [0.29, 0.717) is 0 Å². The second-order valence-corrected chi connectivity index (χ2v) is 10.9. The van der Waals surface area contributed by atoms with Crippen molar-refractivity contribution in [2.24, 2.45) is 0 Å². The van der Waals surface area contributed by atoms with Crippen molar-refractivity contribution in [2.45, 2.75) is 24.1 Å². The van der Waals surface area contributed by atoms with Crippen molar-refractivity contribution in [1.82, 2.24) is 5.06 Å². The number of hydroxylamine groups is 2. The van der Waals surface area contributed by atoms with E-state index in [0.717, 1.165) is 27.8 Å². The Morgan fingerprint density at radius 2 is 0.690 bits per heavy atom. The molecule has 2 nitrogen and oxygen atoms in total. The molecule has 0 radical (unpaired) electrons. The highest BCUT2D eigenvalue weighted by atomic mass is 16.7. The van der Waals surface area contributed by atoms with Crippen LogP contribution in [0.25, 0.3) is 0 Å². The first-order chi connectivity index (χ1) is 20.8. The van der Waals surface area contributed by atoms with Crippen molar-refractivity contribution in [3.8, 4) is 0 Å². The second kappa shape index (κ2) is 10.9. The Morgan fingerprint density at radius 1 is 0.405 bits per heavy atom. The summed E-state index contributed by atoms with van der Waals surface area (Å²) in [5, 5.41) is 2.32. The quantitative estimate of drug-likeness (QED) is 0.199. The van der Waals surface area contributed by atoms with Crippen molar-refractivity contribution in [3.63, 3.8) is 0 Å². The maximum atomic E-state index is 7.46. The molecule has 0 aliphatic carbocycles. The van der Waals surface area contributed by atoms with E-state index in [4.69, 9.17) is 4.84 Å². The lowest BCUT2D eigenvalue weighted by molar-refractivity contribution is -0.265. The molecule has 7 rings (SSSR count). The van der Waals surface area contributed by atoms with Crippen molar-refractivity contribution in [1.29, 1.82) is 0 Å². The molecule has 1 unspecified atom stereocenters. The van der Waals surface area contributed by atoms with Crippen LogP contribution in [-0.4, -0.2) is 5.06 Å². The van der Waals surface area contributed by atoms with Gasteiger partial charge in [0.25, 0.3) is 0 Å². The minimum Gasteiger partial charge on any atom is -0.288 e. The number of nitrogens with zero attached hydrogens (tertiary/aromatic N) is 1. The lowest BCUT2D eigenvalue weighted by Gasteiger charge is -2.48. The summed E-state index contributed by atoms with van der Waals surface area (Å²) < 4.78 is 0. The van der Waals surface area contributed by atoms with Gasteiger partial charge in [-0.1, -0.05) is 176 Å². The highest BCUT2D eigenvalue weighted by molar-refractivity contribution is 5.65. The van der Waals surface area contributed by atoms with Gasteiger partial charge in [-0.25, -0.2) is 0 Å². The molecule has 0 amide bonds. The SMILES string of the molecule is CC(ON1C(c2ccccc2)(c2ccccc2)c2ccccc2C1(c1ccccc1)c1ccccc1)c1ccccc1. The monoisotopic (exact) mass is 543 g/mol. The predicted octanol–water partition coefficient (Wildman–Crippen LogP) is 9.28. The van der Waals surface area contributed by atoms with Crippen molar-refractivity contribution < 1.29 is 4.84 Å². The number of fused-ring (bicyclic) bond motifs is 1. The molecular weight excluding hydrogens is 510 g/mol. The number of benzene rings is 6. The fraction of sp³-hybridized carbons (Fsp3) is 0.100. The largest absolute Gasteiger partial charge is 0.288 e. The fourth-order valence-corrected chi connectivity index (χ4v) is 6.83. The molecule has 0 fully saturated rings. The van der Waals surface area contributed by atoms with Crippen LogP contribution in [0.3, 0.4) is 0 Å². The summed E-state index contributed by atoms with van der Waals surface area (Å²) >= 11 is 0. The van der Waals surface area contributed by atoms with Crippen LogP contribution in [0.4, 0.5) is 0 Å². The van der Waals surface area contributed by atoms with Gasteiger partial charge in [0.1, 0.15) is 17.2 Å². The van der Waals surface area contributed by atoms with Gasteiger partial charge in [-0.2, -0.15) is 0 Å². The Labute approximate surface area is 248 Å². The first kappa shape index (κ1) is 26.2. The first-order valence-corrected chi connectivity index (χ1v) is 14.6. The van der Waals surface area contributed by atoms with Crippen LogP contribution in [0.5, 0.6) is 0 Å². The van der Waals surface area contributed by atoms with E-state index in [1.165, 1.54) is 11.1 Å². The van der Waals surface area contributed by atoms with Crippen LogP contribution in [0.1, 0.15) is 52.0 Å². The molecule has 0 bridgehead atoms. The summed E-state index contributed by atoms with van der Waals surface area (Å²) in [5.74, 6) is 0. The van der Waals surface area contributed by atoms with E-state index in [1.54, 1.807) is 0 Å². The third-order valence-corrected chi connectivity index (χ3v) is 8.61. The summed E-state index contributed by atoms with van der Waals surface area (Å²) in [5.41, 5.74) is 6.62. The van der Waals surface area contributed by atoms with Gasteiger partial charge in [-0.3, -0.25) is 4.84 Å². The van der Waals surface area contributed by atoms with Crippen LogP contribution < -0.4 is 0 Å². The highest BCUT2D eigenvalue weighted by Crippen LogP contribution is 2.61. The summed E-state index contributed by atoms with van der Waals surface area (Å²) in [6, 6.07) is 62.7. The Kier molecular flexibility index (Phi) is 6.79. The van der Waals surface area contributed by atoms with Crippen LogP contribution in [-0.2, 0) is 15.9 Å². The molecular formula is C40H33NO. The van der Waals surface area contributed by atoms with Crippen molar-refractivity contribution in [2.75, 3.05) is 0 Å². The van der Waals surface area contributed by atoms with Crippen LogP contribution in [0, 0.1) is 0 Å². The Balaban J connectivity index is 1.65. The van der Waals surface area contributed by atoms with Gasteiger partial charge in [-0.15, -0.1) is 5.06 Å². The third-order valence-electron chi connectivity index (χ3n) is 8.61. The first-order valence-electron chi connectivity index (χ1n) is 14.6. The Bertz CT molecular complexity index is 1560. The molecule has 42 heavy (non-hydrogen) atoms. The molecule has 0 N–H and O–H groups in total. The average Bonchev–Trinajstić information content (AvgIpc) is 3.34. The number of rotatable bonds is 7. The maximum Gasteiger partial charge on any atom is 0.123 e. The van der Waals surface area contributed by atoms with Gasteiger partial charge in [0, 0.05) is 0 Å². The molecule has 1 heterocycles. The summed E-state index contributed by atoms with van der Waals surface area (Å²) in [7, 11) is 0. The fourth-order valence-electron chi connectivity index (χ4n) is 6.83.